The van der Waals surface area contributed by atoms with Crippen LogP contribution >= 0.6 is 0 Å². The SMILES string of the molecule is Cc1ccccc1[SiH2]CO. The van der Waals surface area contributed by atoms with Crippen molar-refractivity contribution in [3.05, 3.63) is 29.8 Å². The first kappa shape index (κ1) is 7.50. The highest BCUT2D eigenvalue weighted by atomic mass is 28.2. The van der Waals surface area contributed by atoms with Crippen LogP contribution in [0.3, 0.4) is 0 Å². The monoisotopic (exact) mass is 152 g/mol. The van der Waals surface area contributed by atoms with Gasteiger partial charge in [-0.2, -0.15) is 0 Å². The highest BCUT2D eigenvalue weighted by Crippen LogP contribution is 1.90. The first-order valence-electron chi connectivity index (χ1n) is 3.50. The molecule has 0 unspecified atom stereocenters. The Bertz CT molecular complexity index is 210. The van der Waals surface area contributed by atoms with Crippen molar-refractivity contribution in [1.29, 1.82) is 0 Å². The van der Waals surface area contributed by atoms with E-state index >= 15 is 0 Å². The van der Waals surface area contributed by atoms with E-state index in [0.29, 0.717) is 6.23 Å². The van der Waals surface area contributed by atoms with Gasteiger partial charge in [-0.05, 0) is 6.92 Å². The molecule has 0 aliphatic heterocycles. The summed E-state index contributed by atoms with van der Waals surface area (Å²) < 4.78 is 0. The molecule has 1 aromatic carbocycles. The van der Waals surface area contributed by atoms with Crippen LogP contribution in [0.5, 0.6) is 0 Å². The molecule has 0 aromatic heterocycles. The molecule has 1 nitrogen and oxygen atoms in total. The maximum absolute atomic E-state index is 8.71. The number of rotatable bonds is 2. The summed E-state index contributed by atoms with van der Waals surface area (Å²) in [5.41, 5.74) is 1.32. The minimum Gasteiger partial charge on any atom is -0.400 e. The lowest BCUT2D eigenvalue weighted by Gasteiger charge is -2.00. The predicted octanol–water partition coefficient (Wildman–Crippen LogP) is -0.261. The van der Waals surface area contributed by atoms with Crippen molar-refractivity contribution in [2.24, 2.45) is 0 Å². The average molecular weight is 152 g/mol. The average Bonchev–Trinajstić information content (AvgIpc) is 1.94. The van der Waals surface area contributed by atoms with Crippen LogP contribution in [0.15, 0.2) is 24.3 Å². The molecular formula is C8H12OSi. The fraction of sp³-hybridized carbons (Fsp3) is 0.250. The Morgan fingerprint density at radius 2 is 2.10 bits per heavy atom. The molecule has 0 fully saturated rings. The van der Waals surface area contributed by atoms with E-state index in [2.05, 4.69) is 19.1 Å². The summed E-state index contributed by atoms with van der Waals surface area (Å²) in [5.74, 6) is 0. The molecule has 1 N–H and O–H groups in total. The molecule has 0 bridgehead atoms. The normalized spacial score (nSPS) is 11.0. The number of hydrogen-bond donors (Lipinski definition) is 1. The third-order valence-electron chi connectivity index (χ3n) is 1.64. The van der Waals surface area contributed by atoms with Gasteiger partial charge in [0.1, 0.15) is 0 Å². The second-order valence-electron chi connectivity index (χ2n) is 2.40. The van der Waals surface area contributed by atoms with Gasteiger partial charge in [-0.3, -0.25) is 0 Å². The van der Waals surface area contributed by atoms with E-state index in [4.69, 9.17) is 5.11 Å². The van der Waals surface area contributed by atoms with Crippen molar-refractivity contribution in [2.45, 2.75) is 6.92 Å². The van der Waals surface area contributed by atoms with Crippen LogP contribution in [0.1, 0.15) is 5.56 Å². The van der Waals surface area contributed by atoms with Crippen LogP contribution < -0.4 is 5.19 Å². The minimum absolute atomic E-state index is 0.374. The molecule has 0 aliphatic rings. The minimum atomic E-state index is -0.374. The van der Waals surface area contributed by atoms with Gasteiger partial charge >= 0.3 is 0 Å². The van der Waals surface area contributed by atoms with E-state index in [-0.39, 0.29) is 9.52 Å². The molecule has 0 radical (unpaired) electrons. The Kier molecular flexibility index (Phi) is 2.65. The summed E-state index contributed by atoms with van der Waals surface area (Å²) in [6.45, 7) is 2.10. The van der Waals surface area contributed by atoms with Gasteiger partial charge in [0.15, 0.2) is 0 Å². The second-order valence-corrected chi connectivity index (χ2v) is 4.11. The molecule has 0 atom stereocenters. The summed E-state index contributed by atoms with van der Waals surface area (Å²) in [6.07, 6.45) is 0.380. The zero-order valence-electron chi connectivity index (χ0n) is 6.17. The van der Waals surface area contributed by atoms with Crippen LogP contribution in [0.2, 0.25) is 0 Å². The van der Waals surface area contributed by atoms with Gasteiger partial charge in [-0.1, -0.05) is 35.0 Å². The summed E-state index contributed by atoms with van der Waals surface area (Å²) in [4.78, 5) is 0. The van der Waals surface area contributed by atoms with Crippen LogP contribution in [0.25, 0.3) is 0 Å². The van der Waals surface area contributed by atoms with Gasteiger partial charge < -0.3 is 5.11 Å². The van der Waals surface area contributed by atoms with Gasteiger partial charge in [0.25, 0.3) is 0 Å². The molecule has 0 aliphatic carbocycles. The predicted molar refractivity (Wildman–Crippen MR) is 46.4 cm³/mol. The van der Waals surface area contributed by atoms with Crippen molar-refractivity contribution in [3.63, 3.8) is 0 Å². The van der Waals surface area contributed by atoms with Gasteiger partial charge in [0.05, 0.1) is 9.52 Å². The quantitative estimate of drug-likeness (QED) is 0.579. The first-order valence-corrected chi connectivity index (χ1v) is 5.20. The Labute approximate surface area is 63.5 Å². The third kappa shape index (κ3) is 1.69. The highest BCUT2D eigenvalue weighted by Gasteiger charge is 1.93. The smallest absolute Gasteiger partial charge is 0.0848 e. The van der Waals surface area contributed by atoms with Crippen molar-refractivity contribution in [2.75, 3.05) is 6.23 Å². The molecule has 0 heterocycles. The van der Waals surface area contributed by atoms with E-state index < -0.39 is 0 Å². The number of aryl methyl sites for hydroxylation is 1. The molecule has 10 heavy (non-hydrogen) atoms. The second kappa shape index (κ2) is 3.54. The Hall–Kier alpha value is -0.603. The van der Waals surface area contributed by atoms with Crippen molar-refractivity contribution < 1.29 is 5.11 Å². The van der Waals surface area contributed by atoms with Crippen LogP contribution in [-0.4, -0.2) is 20.9 Å². The molecule has 0 amide bonds. The van der Waals surface area contributed by atoms with E-state index in [9.17, 15) is 0 Å². The number of benzene rings is 1. The molecular weight excluding hydrogens is 140 g/mol. The van der Waals surface area contributed by atoms with Crippen molar-refractivity contribution in [3.8, 4) is 0 Å². The van der Waals surface area contributed by atoms with Crippen LogP contribution in [0.4, 0.5) is 0 Å². The molecule has 0 spiro atoms. The Morgan fingerprint density at radius 1 is 1.40 bits per heavy atom. The Balaban J connectivity index is 2.81. The lowest BCUT2D eigenvalue weighted by Crippen LogP contribution is -2.20. The van der Waals surface area contributed by atoms with E-state index in [0.717, 1.165) is 0 Å². The molecule has 1 rings (SSSR count). The number of aliphatic hydroxyl groups is 1. The topological polar surface area (TPSA) is 20.2 Å². The molecule has 0 saturated carbocycles. The summed E-state index contributed by atoms with van der Waals surface area (Å²) in [6, 6.07) is 8.27. The van der Waals surface area contributed by atoms with Gasteiger partial charge in [-0.25, -0.2) is 0 Å². The zero-order chi connectivity index (χ0) is 7.40. The van der Waals surface area contributed by atoms with Crippen molar-refractivity contribution >= 4 is 14.7 Å². The number of aliphatic hydroxyl groups excluding tert-OH is 1. The van der Waals surface area contributed by atoms with Gasteiger partial charge in [0.2, 0.25) is 0 Å². The summed E-state index contributed by atoms with van der Waals surface area (Å²) in [7, 11) is -0.374. The Morgan fingerprint density at radius 3 is 2.70 bits per heavy atom. The lowest BCUT2D eigenvalue weighted by molar-refractivity contribution is 0.367. The van der Waals surface area contributed by atoms with Crippen LogP contribution in [-0.2, 0) is 0 Å². The number of hydrogen-bond acceptors (Lipinski definition) is 1. The van der Waals surface area contributed by atoms with E-state index in [1.807, 2.05) is 12.1 Å². The van der Waals surface area contributed by atoms with Crippen LogP contribution in [0, 0.1) is 6.92 Å². The standard InChI is InChI=1S/C8H12OSi/c1-7-4-2-3-5-8(7)10-6-9/h2-5,9H,6,10H2,1H3. The molecule has 1 aromatic rings. The van der Waals surface area contributed by atoms with Crippen molar-refractivity contribution in [1.82, 2.24) is 0 Å². The maximum atomic E-state index is 8.71. The maximum Gasteiger partial charge on any atom is 0.0848 e. The lowest BCUT2D eigenvalue weighted by atomic mass is 10.2. The van der Waals surface area contributed by atoms with Gasteiger partial charge in [-0.15, -0.1) is 0 Å². The first-order chi connectivity index (χ1) is 4.84. The van der Waals surface area contributed by atoms with E-state index in [1.54, 1.807) is 0 Å². The van der Waals surface area contributed by atoms with Gasteiger partial charge in [0, 0.05) is 6.23 Å². The highest BCUT2D eigenvalue weighted by molar-refractivity contribution is 6.53. The van der Waals surface area contributed by atoms with E-state index in [1.165, 1.54) is 10.8 Å². The molecule has 0 saturated heterocycles. The third-order valence-corrected chi connectivity index (χ3v) is 3.20. The molecule has 2 heteroatoms. The zero-order valence-corrected chi connectivity index (χ0v) is 7.59. The largest absolute Gasteiger partial charge is 0.400 e. The fourth-order valence-electron chi connectivity index (χ4n) is 1.01. The fourth-order valence-corrected chi connectivity index (χ4v) is 2.07. The molecule has 54 valence electrons. The summed E-state index contributed by atoms with van der Waals surface area (Å²) >= 11 is 0. The summed E-state index contributed by atoms with van der Waals surface area (Å²) in [5, 5.41) is 10.1.